The topological polar surface area (TPSA) is 46.2 Å². The number of hydrogen-bond donors (Lipinski definition) is 1. The maximum Gasteiger partial charge on any atom is 0.255 e. The molecule has 0 aliphatic heterocycles. The predicted molar refractivity (Wildman–Crippen MR) is 88.4 cm³/mol. The second kappa shape index (κ2) is 6.87. The number of aryl methyl sites for hydroxylation is 1. The molecule has 110 valence electrons. The molecule has 2 aromatic carbocycles. The molecule has 0 heterocycles. The normalized spacial score (nSPS) is 12.0. The third-order valence-corrected chi connectivity index (χ3v) is 4.03. The number of carbonyl (C=O) groups excluding carboxylic acids is 1. The van der Waals surface area contributed by atoms with Crippen LogP contribution in [0.5, 0.6) is 0 Å². The molecule has 2 rings (SSSR count). The van der Waals surface area contributed by atoms with Crippen molar-refractivity contribution in [3.63, 3.8) is 0 Å². The van der Waals surface area contributed by atoms with Crippen molar-refractivity contribution >= 4 is 34.0 Å². The van der Waals surface area contributed by atoms with Crippen LogP contribution in [-0.2, 0) is 16.6 Å². The van der Waals surface area contributed by atoms with Crippen LogP contribution in [0.1, 0.15) is 21.5 Å². The molecule has 3 nitrogen and oxygen atoms in total. The summed E-state index contributed by atoms with van der Waals surface area (Å²) in [5, 5.41) is 3.38. The first-order chi connectivity index (χ1) is 9.95. The van der Waals surface area contributed by atoms with Gasteiger partial charge in [0.15, 0.2) is 0 Å². The highest BCUT2D eigenvalue weighted by Gasteiger charge is 2.09. The Morgan fingerprint density at radius 3 is 2.67 bits per heavy atom. The molecule has 0 aliphatic rings. The van der Waals surface area contributed by atoms with E-state index in [9.17, 15) is 9.00 Å². The van der Waals surface area contributed by atoms with E-state index in [-0.39, 0.29) is 5.91 Å². The summed E-state index contributed by atoms with van der Waals surface area (Å²) in [5.74, 6) is 0.192. The van der Waals surface area contributed by atoms with Crippen molar-refractivity contribution in [3.8, 4) is 0 Å². The van der Waals surface area contributed by atoms with Crippen molar-refractivity contribution in [1.82, 2.24) is 0 Å². The van der Waals surface area contributed by atoms with Gasteiger partial charge in [0, 0.05) is 39.1 Å². The molecule has 21 heavy (non-hydrogen) atoms. The zero-order chi connectivity index (χ0) is 15.4. The Hall–Kier alpha value is -1.65. The summed E-state index contributed by atoms with van der Waals surface area (Å²) in [4.78, 5) is 12.2. The summed E-state index contributed by atoms with van der Waals surface area (Å²) < 4.78 is 11.3. The first kappa shape index (κ1) is 15.7. The number of halogens is 1. The summed E-state index contributed by atoms with van der Waals surface area (Å²) in [7, 11) is -0.984. The lowest BCUT2D eigenvalue weighted by atomic mass is 10.1. The molecule has 0 radical (unpaired) electrons. The summed E-state index contributed by atoms with van der Waals surface area (Å²) >= 11 is 6.07. The first-order valence-corrected chi connectivity index (χ1v) is 8.52. The van der Waals surface area contributed by atoms with Gasteiger partial charge in [-0.2, -0.15) is 0 Å². The van der Waals surface area contributed by atoms with E-state index in [1.54, 1.807) is 30.5 Å². The van der Waals surface area contributed by atoms with Crippen LogP contribution in [0.4, 0.5) is 5.69 Å². The minimum absolute atomic E-state index is 0.176. The molecule has 1 atom stereocenters. The van der Waals surface area contributed by atoms with Crippen molar-refractivity contribution < 1.29 is 9.00 Å². The molecule has 1 amide bonds. The minimum atomic E-state index is -0.984. The Morgan fingerprint density at radius 2 is 2.00 bits per heavy atom. The van der Waals surface area contributed by atoms with Gasteiger partial charge in [-0.1, -0.05) is 29.3 Å². The summed E-state index contributed by atoms with van der Waals surface area (Å²) in [6.07, 6.45) is 1.62. The molecule has 2 aromatic rings. The maximum atomic E-state index is 12.2. The molecule has 0 bridgehead atoms. The van der Waals surface area contributed by atoms with Gasteiger partial charge < -0.3 is 5.32 Å². The summed E-state index contributed by atoms with van der Waals surface area (Å²) in [6.45, 7) is 1.94. The third kappa shape index (κ3) is 4.41. The molecule has 0 aromatic heterocycles. The van der Waals surface area contributed by atoms with Crippen LogP contribution in [0.3, 0.4) is 0 Å². The highest BCUT2D eigenvalue weighted by molar-refractivity contribution is 7.83. The van der Waals surface area contributed by atoms with E-state index in [0.29, 0.717) is 22.0 Å². The lowest BCUT2D eigenvalue weighted by molar-refractivity contribution is 0.102. The van der Waals surface area contributed by atoms with Crippen molar-refractivity contribution in [2.45, 2.75) is 12.7 Å². The molecule has 1 N–H and O–H groups in total. The average Bonchev–Trinajstić information content (AvgIpc) is 2.42. The Labute approximate surface area is 131 Å². The molecule has 0 fully saturated rings. The molecule has 5 heteroatoms. The number of benzene rings is 2. The van der Waals surface area contributed by atoms with Crippen molar-refractivity contribution in [1.29, 1.82) is 0 Å². The van der Waals surface area contributed by atoms with Gasteiger partial charge >= 0.3 is 0 Å². The number of amides is 1. The Morgan fingerprint density at radius 1 is 1.24 bits per heavy atom. The summed E-state index contributed by atoms with van der Waals surface area (Å²) in [6, 6.07) is 12.6. The van der Waals surface area contributed by atoms with Crippen LogP contribution in [0.2, 0.25) is 5.02 Å². The number of hydrogen-bond acceptors (Lipinski definition) is 2. The Bertz CT molecular complexity index is 700. The number of rotatable bonds is 4. The molecule has 0 aliphatic carbocycles. The average molecular weight is 322 g/mol. The van der Waals surface area contributed by atoms with Gasteiger partial charge in [0.25, 0.3) is 5.91 Å². The molecular formula is C16H16ClNO2S. The predicted octanol–water partition coefficient (Wildman–Crippen LogP) is 3.78. The van der Waals surface area contributed by atoms with E-state index in [1.807, 2.05) is 25.1 Å². The van der Waals surface area contributed by atoms with Gasteiger partial charge in [0.2, 0.25) is 0 Å². The van der Waals surface area contributed by atoms with Gasteiger partial charge in [0.1, 0.15) is 0 Å². The number of anilines is 1. The van der Waals surface area contributed by atoms with E-state index in [2.05, 4.69) is 5.32 Å². The van der Waals surface area contributed by atoms with Crippen LogP contribution in [0, 0.1) is 6.92 Å². The zero-order valence-electron chi connectivity index (χ0n) is 11.9. The van der Waals surface area contributed by atoms with E-state index >= 15 is 0 Å². The SMILES string of the molecule is Cc1cccc(C(=O)Nc2ccc(Cl)c(C[S@](C)=O)c2)c1. The highest BCUT2D eigenvalue weighted by atomic mass is 35.5. The largest absolute Gasteiger partial charge is 0.322 e. The summed E-state index contributed by atoms with van der Waals surface area (Å²) in [5.41, 5.74) is 3.04. The van der Waals surface area contributed by atoms with E-state index < -0.39 is 10.8 Å². The molecule has 0 unspecified atom stereocenters. The standard InChI is InChI=1S/C16H16ClNO2S/c1-11-4-3-5-12(8-11)16(19)18-14-6-7-15(17)13(9-14)10-21(2)20/h3-9H,10H2,1-2H3,(H,18,19)/t21-/m0/s1. The number of nitrogens with one attached hydrogen (secondary N) is 1. The van der Waals surface area contributed by atoms with Crippen molar-refractivity contribution in [2.24, 2.45) is 0 Å². The van der Waals surface area contributed by atoms with Gasteiger partial charge in [-0.05, 0) is 42.8 Å². The van der Waals surface area contributed by atoms with Crippen LogP contribution >= 0.6 is 11.6 Å². The minimum Gasteiger partial charge on any atom is -0.322 e. The fourth-order valence-electron chi connectivity index (χ4n) is 1.97. The van der Waals surface area contributed by atoms with Crippen LogP contribution in [0.15, 0.2) is 42.5 Å². The second-order valence-electron chi connectivity index (χ2n) is 4.85. The fourth-order valence-corrected chi connectivity index (χ4v) is 2.91. The smallest absolute Gasteiger partial charge is 0.255 e. The lowest BCUT2D eigenvalue weighted by Crippen LogP contribution is -2.12. The van der Waals surface area contributed by atoms with Crippen LogP contribution < -0.4 is 5.32 Å². The van der Waals surface area contributed by atoms with Gasteiger partial charge in [-0.25, -0.2) is 0 Å². The first-order valence-electron chi connectivity index (χ1n) is 6.42. The Balaban J connectivity index is 2.19. The van der Waals surface area contributed by atoms with E-state index in [1.165, 1.54) is 0 Å². The van der Waals surface area contributed by atoms with Crippen molar-refractivity contribution in [3.05, 3.63) is 64.2 Å². The monoisotopic (exact) mass is 321 g/mol. The third-order valence-electron chi connectivity index (χ3n) is 2.94. The highest BCUT2D eigenvalue weighted by Crippen LogP contribution is 2.22. The molecule has 0 saturated heterocycles. The fraction of sp³-hybridized carbons (Fsp3) is 0.188. The number of carbonyl (C=O) groups is 1. The van der Waals surface area contributed by atoms with Crippen molar-refractivity contribution in [2.75, 3.05) is 11.6 Å². The van der Waals surface area contributed by atoms with Gasteiger partial charge in [0.05, 0.1) is 0 Å². The maximum absolute atomic E-state index is 12.2. The Kier molecular flexibility index (Phi) is 5.15. The van der Waals surface area contributed by atoms with Crippen LogP contribution in [-0.4, -0.2) is 16.4 Å². The van der Waals surface area contributed by atoms with Gasteiger partial charge in [-0.15, -0.1) is 0 Å². The quantitative estimate of drug-likeness (QED) is 0.931. The van der Waals surface area contributed by atoms with Crippen LogP contribution in [0.25, 0.3) is 0 Å². The van der Waals surface area contributed by atoms with Gasteiger partial charge in [-0.3, -0.25) is 9.00 Å². The van der Waals surface area contributed by atoms with E-state index in [0.717, 1.165) is 11.1 Å². The molecular weight excluding hydrogens is 306 g/mol. The molecule has 0 spiro atoms. The zero-order valence-corrected chi connectivity index (χ0v) is 13.4. The second-order valence-corrected chi connectivity index (χ2v) is 6.69. The van der Waals surface area contributed by atoms with E-state index in [4.69, 9.17) is 11.6 Å². The lowest BCUT2D eigenvalue weighted by Gasteiger charge is -2.09. The molecule has 0 saturated carbocycles.